The van der Waals surface area contributed by atoms with Gasteiger partial charge in [-0.15, -0.1) is 0 Å². The third-order valence-corrected chi connectivity index (χ3v) is 2.85. The fourth-order valence-corrected chi connectivity index (χ4v) is 1.78. The van der Waals surface area contributed by atoms with Crippen LogP contribution < -0.4 is 16.2 Å². The van der Waals surface area contributed by atoms with Gasteiger partial charge >= 0.3 is 0 Å². The molecule has 1 aromatic heterocycles. The standard InChI is InChI=1S/C13H18N4O2/c1-3-19-7-6-17(2)13-15-11-5-4-9(14)8-10(11)12(18)16-13/h4-5,8H,3,6-7,14H2,1-2H3,(H,15,16,18). The summed E-state index contributed by atoms with van der Waals surface area (Å²) in [4.78, 5) is 21.0. The van der Waals surface area contributed by atoms with Crippen LogP contribution in [0.5, 0.6) is 0 Å². The Morgan fingerprint density at radius 1 is 1.47 bits per heavy atom. The first kappa shape index (κ1) is 13.4. The Morgan fingerprint density at radius 2 is 2.26 bits per heavy atom. The molecular weight excluding hydrogens is 244 g/mol. The van der Waals surface area contributed by atoms with E-state index >= 15 is 0 Å². The van der Waals surface area contributed by atoms with Crippen molar-refractivity contribution in [3.63, 3.8) is 0 Å². The molecule has 0 bridgehead atoms. The number of H-pyrrole nitrogens is 1. The number of anilines is 2. The molecule has 19 heavy (non-hydrogen) atoms. The molecule has 0 aliphatic carbocycles. The number of fused-ring (bicyclic) bond motifs is 1. The maximum absolute atomic E-state index is 12.0. The van der Waals surface area contributed by atoms with E-state index in [1.165, 1.54) is 0 Å². The highest BCUT2D eigenvalue weighted by molar-refractivity contribution is 5.81. The zero-order valence-electron chi connectivity index (χ0n) is 11.1. The molecule has 102 valence electrons. The average molecular weight is 262 g/mol. The molecule has 0 unspecified atom stereocenters. The van der Waals surface area contributed by atoms with Gasteiger partial charge in [-0.25, -0.2) is 4.98 Å². The Labute approximate surface area is 111 Å². The van der Waals surface area contributed by atoms with Gasteiger partial charge in [0.1, 0.15) is 0 Å². The second kappa shape index (κ2) is 5.71. The van der Waals surface area contributed by atoms with Gasteiger partial charge in [0.2, 0.25) is 5.95 Å². The lowest BCUT2D eigenvalue weighted by molar-refractivity contribution is 0.154. The molecule has 2 rings (SSSR count). The molecule has 0 saturated carbocycles. The minimum Gasteiger partial charge on any atom is -0.399 e. The van der Waals surface area contributed by atoms with Crippen molar-refractivity contribution in [2.24, 2.45) is 0 Å². The number of nitrogens with one attached hydrogen (secondary N) is 1. The number of aromatic nitrogens is 2. The summed E-state index contributed by atoms with van der Waals surface area (Å²) < 4.78 is 5.28. The minimum absolute atomic E-state index is 0.185. The Kier molecular flexibility index (Phi) is 4.01. The summed E-state index contributed by atoms with van der Waals surface area (Å²) in [6, 6.07) is 5.11. The first-order chi connectivity index (χ1) is 9.11. The van der Waals surface area contributed by atoms with Crippen molar-refractivity contribution < 1.29 is 4.74 Å². The van der Waals surface area contributed by atoms with Crippen molar-refractivity contribution >= 4 is 22.5 Å². The molecule has 0 radical (unpaired) electrons. The van der Waals surface area contributed by atoms with E-state index in [1.807, 2.05) is 18.9 Å². The SMILES string of the molecule is CCOCCN(C)c1nc2ccc(N)cc2c(=O)[nH]1. The summed E-state index contributed by atoms with van der Waals surface area (Å²) in [5.41, 5.74) is 6.67. The number of nitrogen functional groups attached to an aromatic ring is 1. The number of aromatic amines is 1. The average Bonchev–Trinajstić information content (AvgIpc) is 2.39. The van der Waals surface area contributed by atoms with Gasteiger partial charge in [-0.05, 0) is 25.1 Å². The summed E-state index contributed by atoms with van der Waals surface area (Å²) >= 11 is 0. The van der Waals surface area contributed by atoms with Crippen LogP contribution in [-0.2, 0) is 4.74 Å². The molecule has 1 heterocycles. The number of rotatable bonds is 5. The zero-order chi connectivity index (χ0) is 13.8. The first-order valence-corrected chi connectivity index (χ1v) is 6.20. The predicted octanol–water partition coefficient (Wildman–Crippen LogP) is 0.978. The van der Waals surface area contributed by atoms with Crippen molar-refractivity contribution in [3.05, 3.63) is 28.6 Å². The number of hydrogen-bond donors (Lipinski definition) is 2. The lowest BCUT2D eigenvalue weighted by Gasteiger charge is -2.17. The Bertz CT molecular complexity index is 624. The first-order valence-electron chi connectivity index (χ1n) is 6.20. The molecule has 0 aliphatic heterocycles. The molecule has 0 spiro atoms. The molecule has 0 amide bonds. The predicted molar refractivity (Wildman–Crippen MR) is 76.5 cm³/mol. The summed E-state index contributed by atoms with van der Waals surface area (Å²) in [6.45, 7) is 3.88. The summed E-state index contributed by atoms with van der Waals surface area (Å²) in [7, 11) is 1.86. The smallest absolute Gasteiger partial charge is 0.260 e. The normalized spacial score (nSPS) is 10.8. The van der Waals surface area contributed by atoms with Crippen LogP contribution in [0.1, 0.15) is 6.92 Å². The summed E-state index contributed by atoms with van der Waals surface area (Å²) in [5, 5.41) is 0.502. The number of ether oxygens (including phenoxy) is 1. The van der Waals surface area contributed by atoms with Crippen LogP contribution in [0.3, 0.4) is 0 Å². The summed E-state index contributed by atoms with van der Waals surface area (Å²) in [5.74, 6) is 0.530. The maximum Gasteiger partial charge on any atom is 0.260 e. The molecule has 6 nitrogen and oxygen atoms in total. The van der Waals surface area contributed by atoms with Gasteiger partial charge in [0.15, 0.2) is 0 Å². The fourth-order valence-electron chi connectivity index (χ4n) is 1.78. The number of benzene rings is 1. The quantitative estimate of drug-likeness (QED) is 0.620. The van der Waals surface area contributed by atoms with Crippen LogP contribution in [0, 0.1) is 0 Å². The number of nitrogens with two attached hydrogens (primary N) is 1. The topological polar surface area (TPSA) is 84.2 Å². The maximum atomic E-state index is 12.0. The molecule has 0 aliphatic rings. The van der Waals surface area contributed by atoms with E-state index in [0.717, 1.165) is 0 Å². The lowest BCUT2D eigenvalue weighted by Crippen LogP contribution is -2.27. The molecule has 6 heteroatoms. The molecule has 1 aromatic carbocycles. The van der Waals surface area contributed by atoms with Crippen molar-refractivity contribution in [1.29, 1.82) is 0 Å². The Hall–Kier alpha value is -2.08. The van der Waals surface area contributed by atoms with Crippen LogP contribution in [-0.4, -0.2) is 36.8 Å². The number of nitrogens with zero attached hydrogens (tertiary/aromatic N) is 2. The molecule has 3 N–H and O–H groups in total. The van der Waals surface area contributed by atoms with Gasteiger partial charge in [0, 0.05) is 25.9 Å². The van der Waals surface area contributed by atoms with Gasteiger partial charge in [-0.1, -0.05) is 0 Å². The highest BCUT2D eigenvalue weighted by Crippen LogP contribution is 2.14. The van der Waals surface area contributed by atoms with E-state index in [0.29, 0.717) is 42.3 Å². The van der Waals surface area contributed by atoms with Crippen LogP contribution in [0.2, 0.25) is 0 Å². The Morgan fingerprint density at radius 3 is 3.00 bits per heavy atom. The van der Waals surface area contributed by atoms with E-state index in [9.17, 15) is 4.79 Å². The second-order valence-electron chi connectivity index (χ2n) is 4.28. The largest absolute Gasteiger partial charge is 0.399 e. The lowest BCUT2D eigenvalue weighted by atomic mass is 10.2. The van der Waals surface area contributed by atoms with Gasteiger partial charge in [0.25, 0.3) is 5.56 Å². The van der Waals surface area contributed by atoms with Crippen LogP contribution in [0.15, 0.2) is 23.0 Å². The minimum atomic E-state index is -0.185. The van der Waals surface area contributed by atoms with Crippen molar-refractivity contribution in [3.8, 4) is 0 Å². The van der Waals surface area contributed by atoms with Gasteiger partial charge in [-0.2, -0.15) is 0 Å². The van der Waals surface area contributed by atoms with Gasteiger partial charge in [-0.3, -0.25) is 9.78 Å². The molecule has 0 saturated heterocycles. The Balaban J connectivity index is 2.30. The molecular formula is C13H18N4O2. The fraction of sp³-hybridized carbons (Fsp3) is 0.385. The third kappa shape index (κ3) is 3.03. The van der Waals surface area contributed by atoms with Crippen LogP contribution in [0.25, 0.3) is 10.9 Å². The molecule has 0 atom stereocenters. The number of hydrogen-bond acceptors (Lipinski definition) is 5. The van der Waals surface area contributed by atoms with E-state index in [1.54, 1.807) is 18.2 Å². The van der Waals surface area contributed by atoms with Gasteiger partial charge in [0.05, 0.1) is 17.5 Å². The summed E-state index contributed by atoms with van der Waals surface area (Å²) in [6.07, 6.45) is 0. The van der Waals surface area contributed by atoms with Crippen molar-refractivity contribution in [2.45, 2.75) is 6.92 Å². The van der Waals surface area contributed by atoms with E-state index in [4.69, 9.17) is 10.5 Å². The highest BCUT2D eigenvalue weighted by Gasteiger charge is 2.07. The monoisotopic (exact) mass is 262 g/mol. The van der Waals surface area contributed by atoms with Crippen LogP contribution in [0.4, 0.5) is 11.6 Å². The molecule has 2 aromatic rings. The number of likely N-dealkylation sites (N-methyl/N-ethyl adjacent to an activating group) is 1. The van der Waals surface area contributed by atoms with E-state index in [-0.39, 0.29) is 5.56 Å². The van der Waals surface area contributed by atoms with E-state index in [2.05, 4.69) is 9.97 Å². The van der Waals surface area contributed by atoms with Crippen molar-refractivity contribution in [2.75, 3.05) is 37.4 Å². The molecule has 0 fully saturated rings. The third-order valence-electron chi connectivity index (χ3n) is 2.85. The van der Waals surface area contributed by atoms with Gasteiger partial charge < -0.3 is 15.4 Å². The van der Waals surface area contributed by atoms with Crippen LogP contribution >= 0.6 is 0 Å². The zero-order valence-corrected chi connectivity index (χ0v) is 11.1. The van der Waals surface area contributed by atoms with Crippen molar-refractivity contribution in [1.82, 2.24) is 9.97 Å². The van der Waals surface area contributed by atoms with E-state index < -0.39 is 0 Å². The highest BCUT2D eigenvalue weighted by atomic mass is 16.5. The second-order valence-corrected chi connectivity index (χ2v) is 4.28.